The Morgan fingerprint density at radius 2 is 1.41 bits per heavy atom. The molecule has 3 saturated carbocycles. The second kappa shape index (κ2) is 6.84. The van der Waals surface area contributed by atoms with Crippen LogP contribution in [-0.4, -0.2) is 25.2 Å². The lowest BCUT2D eigenvalue weighted by Crippen LogP contribution is -2.75. The van der Waals surface area contributed by atoms with Gasteiger partial charge < -0.3 is 9.47 Å². The van der Waals surface area contributed by atoms with Gasteiger partial charge in [-0.2, -0.15) is 13.2 Å². The molecule has 3 fully saturated rings. The number of ether oxygens (including phenoxy) is 2. The van der Waals surface area contributed by atoms with Gasteiger partial charge in [0.25, 0.3) is 0 Å². The van der Waals surface area contributed by atoms with Gasteiger partial charge in [0.2, 0.25) is 0 Å². The van der Waals surface area contributed by atoms with Crippen LogP contribution in [0.25, 0.3) is 0 Å². The van der Waals surface area contributed by atoms with Gasteiger partial charge in [0, 0.05) is 5.92 Å². The van der Waals surface area contributed by atoms with Crippen molar-refractivity contribution in [1.29, 1.82) is 0 Å². The summed E-state index contributed by atoms with van der Waals surface area (Å²) in [4.78, 5) is 25.2. The second-order valence-corrected chi connectivity index (χ2v) is 7.49. The molecule has 1 aromatic rings. The molecule has 3 aliphatic rings. The number of hydrogen-bond donors (Lipinski definition) is 0. The molecule has 4 rings (SSSR count). The number of rotatable bonds is 7. The van der Waals surface area contributed by atoms with Crippen LogP contribution in [0.15, 0.2) is 24.3 Å². The summed E-state index contributed by atoms with van der Waals surface area (Å²) in [5.41, 5.74) is -1.88. The first-order chi connectivity index (χ1) is 12.7. The second-order valence-electron chi connectivity index (χ2n) is 7.49. The number of carbonyl (C=O) groups is 2. The molecular weight excluding hydrogens is 361 g/mol. The molecule has 3 aliphatic carbocycles. The lowest BCUT2D eigenvalue weighted by atomic mass is 9.28. The number of carbonyl (C=O) groups excluding carboxylic acids is 2. The number of halogens is 3. The first-order valence-electron chi connectivity index (χ1n) is 9.23. The van der Waals surface area contributed by atoms with E-state index in [0.717, 1.165) is 12.1 Å². The van der Waals surface area contributed by atoms with Gasteiger partial charge >= 0.3 is 18.1 Å². The van der Waals surface area contributed by atoms with Crippen LogP contribution in [0.5, 0.6) is 0 Å². The SMILES string of the molecule is CCCOC(=O)C12CC(C(=O)OCCC)(C1)C2c1ccc(C(F)(F)F)cc1. The first kappa shape index (κ1) is 19.7. The molecule has 0 atom stereocenters. The summed E-state index contributed by atoms with van der Waals surface area (Å²) >= 11 is 0. The maximum absolute atomic E-state index is 12.8. The van der Waals surface area contributed by atoms with Gasteiger partial charge in [0.1, 0.15) is 0 Å². The maximum Gasteiger partial charge on any atom is 0.416 e. The van der Waals surface area contributed by atoms with E-state index in [-0.39, 0.29) is 25.2 Å². The van der Waals surface area contributed by atoms with Crippen LogP contribution in [0.4, 0.5) is 13.2 Å². The predicted molar refractivity (Wildman–Crippen MR) is 90.8 cm³/mol. The summed E-state index contributed by atoms with van der Waals surface area (Å²) in [6.45, 7) is 4.33. The quantitative estimate of drug-likeness (QED) is 0.651. The van der Waals surface area contributed by atoms with Crippen molar-refractivity contribution in [1.82, 2.24) is 0 Å². The molecule has 0 heterocycles. The molecule has 4 nitrogen and oxygen atoms in total. The van der Waals surface area contributed by atoms with Gasteiger partial charge in [-0.1, -0.05) is 26.0 Å². The van der Waals surface area contributed by atoms with E-state index in [4.69, 9.17) is 9.47 Å². The first-order valence-corrected chi connectivity index (χ1v) is 9.23. The third-order valence-electron chi connectivity index (χ3n) is 5.63. The summed E-state index contributed by atoms with van der Waals surface area (Å²) in [6.07, 6.45) is -2.42. The zero-order chi connectivity index (χ0) is 19.9. The Morgan fingerprint density at radius 3 is 1.78 bits per heavy atom. The summed E-state index contributed by atoms with van der Waals surface area (Å²) in [5.74, 6) is -1.25. The molecule has 0 N–H and O–H groups in total. The summed E-state index contributed by atoms with van der Waals surface area (Å²) in [7, 11) is 0. The Balaban J connectivity index is 1.87. The monoisotopic (exact) mass is 384 g/mol. The Kier molecular flexibility index (Phi) is 4.99. The topological polar surface area (TPSA) is 52.6 Å². The number of esters is 2. The van der Waals surface area contributed by atoms with Crippen LogP contribution in [0.2, 0.25) is 0 Å². The average Bonchev–Trinajstić information content (AvgIpc) is 2.56. The van der Waals surface area contributed by atoms with Crippen molar-refractivity contribution in [2.45, 2.75) is 51.6 Å². The van der Waals surface area contributed by atoms with Crippen LogP contribution in [0.1, 0.15) is 56.6 Å². The third-order valence-corrected chi connectivity index (χ3v) is 5.63. The van der Waals surface area contributed by atoms with Crippen molar-refractivity contribution < 1.29 is 32.2 Å². The molecule has 0 spiro atoms. The van der Waals surface area contributed by atoms with E-state index in [9.17, 15) is 22.8 Å². The molecule has 7 heteroatoms. The molecule has 148 valence electrons. The highest BCUT2D eigenvalue weighted by Gasteiger charge is 2.83. The summed E-state index contributed by atoms with van der Waals surface area (Å²) in [6, 6.07) is 4.69. The van der Waals surface area contributed by atoms with E-state index >= 15 is 0 Å². The zero-order valence-corrected chi connectivity index (χ0v) is 15.4. The van der Waals surface area contributed by atoms with Gasteiger partial charge in [0.05, 0.1) is 29.6 Å². The minimum atomic E-state index is -4.43. The number of alkyl halides is 3. The fourth-order valence-electron chi connectivity index (χ4n) is 4.45. The van der Waals surface area contributed by atoms with Crippen LogP contribution in [0.3, 0.4) is 0 Å². The summed E-state index contributed by atoms with van der Waals surface area (Å²) < 4.78 is 49.1. The van der Waals surface area contributed by atoms with Gasteiger partial charge in [-0.05, 0) is 43.4 Å². The van der Waals surface area contributed by atoms with Gasteiger partial charge in [-0.3, -0.25) is 9.59 Å². The van der Waals surface area contributed by atoms with Crippen LogP contribution in [0, 0.1) is 10.8 Å². The van der Waals surface area contributed by atoms with Crippen LogP contribution in [-0.2, 0) is 25.2 Å². The zero-order valence-electron chi connectivity index (χ0n) is 15.4. The molecule has 0 saturated heterocycles. The average molecular weight is 384 g/mol. The molecule has 0 aliphatic heterocycles. The van der Waals surface area contributed by atoms with Crippen molar-refractivity contribution >= 4 is 11.9 Å². The van der Waals surface area contributed by atoms with E-state index in [0.29, 0.717) is 31.2 Å². The smallest absolute Gasteiger partial charge is 0.416 e. The molecule has 2 bridgehead atoms. The Hall–Kier alpha value is -2.05. The van der Waals surface area contributed by atoms with E-state index in [1.54, 1.807) is 0 Å². The summed E-state index contributed by atoms with van der Waals surface area (Å²) in [5, 5.41) is 0. The third kappa shape index (κ3) is 3.01. The van der Waals surface area contributed by atoms with Gasteiger partial charge in [-0.15, -0.1) is 0 Å². The standard InChI is InChI=1S/C20H23F3O4/c1-3-9-26-16(24)18-11-19(12-18,17(25)27-10-4-2)15(18)13-5-7-14(8-6-13)20(21,22)23/h5-8,15H,3-4,9-12H2,1-2H3. The van der Waals surface area contributed by atoms with E-state index in [1.165, 1.54) is 12.1 Å². The molecule has 0 amide bonds. The van der Waals surface area contributed by atoms with Crippen molar-refractivity contribution in [2.24, 2.45) is 10.8 Å². The minimum absolute atomic E-state index is 0.285. The van der Waals surface area contributed by atoms with E-state index in [1.807, 2.05) is 13.8 Å². The highest BCUT2D eigenvalue weighted by molar-refractivity contribution is 5.94. The van der Waals surface area contributed by atoms with Gasteiger partial charge in [0.15, 0.2) is 0 Å². The normalized spacial score (nSPS) is 28.7. The predicted octanol–water partition coefficient (Wildman–Crippen LogP) is 4.48. The largest absolute Gasteiger partial charge is 0.465 e. The molecule has 27 heavy (non-hydrogen) atoms. The Bertz CT molecular complexity index is 686. The highest BCUT2D eigenvalue weighted by atomic mass is 19.4. The van der Waals surface area contributed by atoms with E-state index < -0.39 is 28.5 Å². The highest BCUT2D eigenvalue weighted by Crippen LogP contribution is 2.81. The fourth-order valence-corrected chi connectivity index (χ4v) is 4.45. The fraction of sp³-hybridized carbons (Fsp3) is 0.600. The molecule has 0 aromatic heterocycles. The Labute approximate surface area is 156 Å². The van der Waals surface area contributed by atoms with E-state index in [2.05, 4.69) is 0 Å². The lowest BCUT2D eigenvalue weighted by molar-refractivity contribution is -0.252. The molecule has 1 aromatic carbocycles. The van der Waals surface area contributed by atoms with Gasteiger partial charge in [-0.25, -0.2) is 0 Å². The van der Waals surface area contributed by atoms with Crippen molar-refractivity contribution in [3.63, 3.8) is 0 Å². The molecule has 0 unspecified atom stereocenters. The minimum Gasteiger partial charge on any atom is -0.465 e. The Morgan fingerprint density at radius 1 is 0.963 bits per heavy atom. The maximum atomic E-state index is 12.8. The van der Waals surface area contributed by atoms with Crippen LogP contribution >= 0.6 is 0 Å². The van der Waals surface area contributed by atoms with Crippen molar-refractivity contribution in [3.05, 3.63) is 35.4 Å². The molecule has 0 radical (unpaired) electrons. The van der Waals surface area contributed by atoms with Crippen molar-refractivity contribution in [2.75, 3.05) is 13.2 Å². The van der Waals surface area contributed by atoms with Crippen LogP contribution < -0.4 is 0 Å². The lowest BCUT2D eigenvalue weighted by Gasteiger charge is -2.72. The molecular formula is C20H23F3O4. The number of benzene rings is 1. The van der Waals surface area contributed by atoms with Crippen molar-refractivity contribution in [3.8, 4) is 0 Å². The number of hydrogen-bond acceptors (Lipinski definition) is 4.